The fraction of sp³-hybridized carbons (Fsp3) is 0.556. The Morgan fingerprint density at radius 2 is 2.00 bits per heavy atom. The normalized spacial score (nSPS) is 17.8. The SMILES string of the molecule is COc1ccc(NCC(=O)NNC(=O)C(C)OCC2CCCCO2)cc1. The second-order valence-corrected chi connectivity index (χ2v) is 6.08. The lowest BCUT2D eigenvalue weighted by Crippen LogP contribution is -2.48. The highest BCUT2D eigenvalue weighted by Gasteiger charge is 2.19. The average molecular weight is 365 g/mol. The van der Waals surface area contributed by atoms with Crippen molar-refractivity contribution in [2.24, 2.45) is 0 Å². The molecule has 1 aliphatic rings. The Hall–Kier alpha value is -2.32. The van der Waals surface area contributed by atoms with Crippen LogP contribution in [0.15, 0.2) is 24.3 Å². The van der Waals surface area contributed by atoms with Crippen LogP contribution in [-0.4, -0.2) is 50.9 Å². The molecule has 2 atom stereocenters. The summed E-state index contributed by atoms with van der Waals surface area (Å²) in [5.41, 5.74) is 5.49. The summed E-state index contributed by atoms with van der Waals surface area (Å²) in [5.74, 6) is -0.0320. The van der Waals surface area contributed by atoms with Crippen molar-refractivity contribution in [3.8, 4) is 5.75 Å². The van der Waals surface area contributed by atoms with E-state index < -0.39 is 12.0 Å². The molecule has 0 radical (unpaired) electrons. The fourth-order valence-electron chi connectivity index (χ4n) is 2.43. The van der Waals surface area contributed by atoms with Gasteiger partial charge in [0.2, 0.25) is 0 Å². The van der Waals surface area contributed by atoms with E-state index in [2.05, 4.69) is 16.2 Å². The van der Waals surface area contributed by atoms with Gasteiger partial charge in [-0.3, -0.25) is 20.4 Å². The molecule has 26 heavy (non-hydrogen) atoms. The summed E-state index contributed by atoms with van der Waals surface area (Å²) in [6.07, 6.45) is 2.51. The van der Waals surface area contributed by atoms with Crippen molar-refractivity contribution in [3.05, 3.63) is 24.3 Å². The molecule has 1 aromatic rings. The maximum absolute atomic E-state index is 11.9. The Labute approximate surface area is 153 Å². The van der Waals surface area contributed by atoms with E-state index in [9.17, 15) is 9.59 Å². The Morgan fingerprint density at radius 1 is 1.23 bits per heavy atom. The topological polar surface area (TPSA) is 97.9 Å². The van der Waals surface area contributed by atoms with Crippen molar-refractivity contribution in [3.63, 3.8) is 0 Å². The molecule has 8 heteroatoms. The number of nitrogens with one attached hydrogen (secondary N) is 3. The number of hydrogen-bond donors (Lipinski definition) is 3. The van der Waals surface area contributed by atoms with Crippen LogP contribution in [0.4, 0.5) is 5.69 Å². The van der Waals surface area contributed by atoms with Gasteiger partial charge in [0, 0.05) is 12.3 Å². The first-order valence-electron chi connectivity index (χ1n) is 8.78. The summed E-state index contributed by atoms with van der Waals surface area (Å²) < 4.78 is 16.1. The van der Waals surface area contributed by atoms with Crippen LogP contribution in [0.3, 0.4) is 0 Å². The summed E-state index contributed by atoms with van der Waals surface area (Å²) in [4.78, 5) is 23.7. The number of carbonyl (C=O) groups is 2. The zero-order valence-electron chi connectivity index (χ0n) is 15.2. The third-order valence-electron chi connectivity index (χ3n) is 4.04. The number of benzene rings is 1. The fourth-order valence-corrected chi connectivity index (χ4v) is 2.43. The second-order valence-electron chi connectivity index (χ2n) is 6.08. The maximum Gasteiger partial charge on any atom is 0.267 e. The van der Waals surface area contributed by atoms with Gasteiger partial charge in [-0.1, -0.05) is 0 Å². The molecule has 1 heterocycles. The van der Waals surface area contributed by atoms with Gasteiger partial charge in [-0.15, -0.1) is 0 Å². The molecule has 0 aliphatic carbocycles. The third-order valence-corrected chi connectivity index (χ3v) is 4.04. The summed E-state index contributed by atoms with van der Waals surface area (Å²) in [5, 5.41) is 2.95. The van der Waals surface area contributed by atoms with Crippen LogP contribution in [0.2, 0.25) is 0 Å². The first-order chi connectivity index (χ1) is 12.6. The van der Waals surface area contributed by atoms with Gasteiger partial charge in [0.1, 0.15) is 11.9 Å². The van der Waals surface area contributed by atoms with E-state index in [4.69, 9.17) is 14.2 Å². The van der Waals surface area contributed by atoms with Crippen LogP contribution in [0.5, 0.6) is 5.75 Å². The molecule has 0 spiro atoms. The molecule has 0 aromatic heterocycles. The molecule has 0 saturated carbocycles. The average Bonchev–Trinajstić information content (AvgIpc) is 2.69. The number of anilines is 1. The number of methoxy groups -OCH3 is 1. The van der Waals surface area contributed by atoms with Gasteiger partial charge >= 0.3 is 0 Å². The molecule has 1 fully saturated rings. The third kappa shape index (κ3) is 6.89. The summed E-state index contributed by atoms with van der Waals surface area (Å²) in [7, 11) is 1.59. The van der Waals surface area contributed by atoms with E-state index in [0.717, 1.165) is 37.3 Å². The summed E-state index contributed by atoms with van der Waals surface area (Å²) in [6, 6.07) is 7.18. The highest BCUT2D eigenvalue weighted by atomic mass is 16.5. The molecular formula is C18H27N3O5. The molecule has 3 N–H and O–H groups in total. The quantitative estimate of drug-likeness (QED) is 0.600. The van der Waals surface area contributed by atoms with Gasteiger partial charge in [0.15, 0.2) is 0 Å². The monoisotopic (exact) mass is 365 g/mol. The molecule has 8 nitrogen and oxygen atoms in total. The summed E-state index contributed by atoms with van der Waals surface area (Å²) >= 11 is 0. The van der Waals surface area contributed by atoms with Gasteiger partial charge < -0.3 is 19.5 Å². The number of rotatable bonds is 8. The van der Waals surface area contributed by atoms with Crippen molar-refractivity contribution in [2.45, 2.75) is 38.4 Å². The minimum Gasteiger partial charge on any atom is -0.497 e. The van der Waals surface area contributed by atoms with Crippen molar-refractivity contribution in [1.82, 2.24) is 10.9 Å². The van der Waals surface area contributed by atoms with E-state index in [0.29, 0.717) is 6.61 Å². The Morgan fingerprint density at radius 3 is 2.65 bits per heavy atom. The number of hydrazine groups is 1. The largest absolute Gasteiger partial charge is 0.497 e. The standard InChI is InChI=1S/C18H27N3O5/c1-13(26-12-16-5-3-4-10-25-16)18(23)21-20-17(22)11-19-14-6-8-15(24-2)9-7-14/h6-9,13,16,19H,3-5,10-12H2,1-2H3,(H,20,22)(H,21,23). The van der Waals surface area contributed by atoms with Crippen LogP contribution in [-0.2, 0) is 19.1 Å². The minimum atomic E-state index is -0.671. The van der Waals surface area contributed by atoms with Gasteiger partial charge in [0.05, 0.1) is 26.4 Å². The predicted molar refractivity (Wildman–Crippen MR) is 96.8 cm³/mol. The number of amides is 2. The van der Waals surface area contributed by atoms with E-state index in [-0.39, 0.29) is 18.6 Å². The van der Waals surface area contributed by atoms with Crippen molar-refractivity contribution in [1.29, 1.82) is 0 Å². The van der Waals surface area contributed by atoms with Crippen LogP contribution in [0, 0.1) is 0 Å². The summed E-state index contributed by atoms with van der Waals surface area (Å²) in [6.45, 7) is 2.78. The molecule has 1 aromatic carbocycles. The molecule has 2 amide bonds. The highest BCUT2D eigenvalue weighted by molar-refractivity contribution is 5.86. The maximum atomic E-state index is 11.9. The zero-order valence-corrected chi connectivity index (χ0v) is 15.2. The zero-order chi connectivity index (χ0) is 18.8. The highest BCUT2D eigenvalue weighted by Crippen LogP contribution is 2.14. The van der Waals surface area contributed by atoms with Crippen LogP contribution in [0.1, 0.15) is 26.2 Å². The Bertz CT molecular complexity index is 573. The molecular weight excluding hydrogens is 338 g/mol. The van der Waals surface area contributed by atoms with Crippen molar-refractivity contribution >= 4 is 17.5 Å². The van der Waals surface area contributed by atoms with Crippen LogP contribution >= 0.6 is 0 Å². The number of carbonyl (C=O) groups excluding carboxylic acids is 2. The predicted octanol–water partition coefficient (Wildman–Crippen LogP) is 1.23. The lowest BCUT2D eigenvalue weighted by atomic mass is 10.1. The van der Waals surface area contributed by atoms with E-state index in [1.807, 2.05) is 0 Å². The molecule has 1 saturated heterocycles. The Balaban J connectivity index is 1.61. The number of ether oxygens (including phenoxy) is 3. The second kappa shape index (κ2) is 10.6. The van der Waals surface area contributed by atoms with Crippen LogP contribution < -0.4 is 20.9 Å². The smallest absolute Gasteiger partial charge is 0.267 e. The molecule has 2 unspecified atom stereocenters. The first kappa shape index (κ1) is 20.0. The number of hydrogen-bond acceptors (Lipinski definition) is 6. The van der Waals surface area contributed by atoms with Gasteiger partial charge in [-0.2, -0.15) is 0 Å². The minimum absolute atomic E-state index is 0.0256. The van der Waals surface area contributed by atoms with E-state index >= 15 is 0 Å². The lowest BCUT2D eigenvalue weighted by Gasteiger charge is -2.23. The lowest BCUT2D eigenvalue weighted by molar-refractivity contribution is -0.138. The van der Waals surface area contributed by atoms with E-state index in [1.54, 1.807) is 38.3 Å². The first-order valence-corrected chi connectivity index (χ1v) is 8.78. The van der Waals surface area contributed by atoms with Gasteiger partial charge in [-0.25, -0.2) is 0 Å². The molecule has 1 aliphatic heterocycles. The van der Waals surface area contributed by atoms with Crippen molar-refractivity contribution < 1.29 is 23.8 Å². The molecule has 144 valence electrons. The van der Waals surface area contributed by atoms with Crippen molar-refractivity contribution in [2.75, 3.05) is 32.2 Å². The van der Waals surface area contributed by atoms with Gasteiger partial charge in [-0.05, 0) is 50.5 Å². The molecule has 0 bridgehead atoms. The molecule has 2 rings (SSSR count). The van der Waals surface area contributed by atoms with Crippen LogP contribution in [0.25, 0.3) is 0 Å². The van der Waals surface area contributed by atoms with Gasteiger partial charge in [0.25, 0.3) is 11.8 Å². The Kier molecular flexibility index (Phi) is 8.17. The van der Waals surface area contributed by atoms with E-state index in [1.165, 1.54) is 0 Å².